The molecule has 0 radical (unpaired) electrons. The lowest BCUT2D eigenvalue weighted by Crippen LogP contribution is -2.33. The summed E-state index contributed by atoms with van der Waals surface area (Å²) >= 11 is 3.34. The number of carbonyl (C=O) groups excluding carboxylic acids is 2. The standard InChI is InChI=1S/C22H23BrN4O3/c1-14(2)13-27-22(30)18-6-4-3-5-17(18)20(26-27)21(29)24-12-11-19(28)25-16-9-7-15(23)8-10-16/h3-10,14H,11-13H2,1-2H3,(H,24,29)(H,25,28). The van der Waals surface area contributed by atoms with Crippen molar-refractivity contribution >= 4 is 44.2 Å². The highest BCUT2D eigenvalue weighted by Crippen LogP contribution is 2.15. The van der Waals surface area contributed by atoms with Crippen LogP contribution in [0.2, 0.25) is 0 Å². The highest BCUT2D eigenvalue weighted by atomic mass is 79.9. The second kappa shape index (κ2) is 9.67. The first-order valence-corrected chi connectivity index (χ1v) is 10.5. The topological polar surface area (TPSA) is 93.1 Å². The van der Waals surface area contributed by atoms with Crippen molar-refractivity contribution in [1.82, 2.24) is 15.1 Å². The van der Waals surface area contributed by atoms with Gasteiger partial charge in [0.05, 0.1) is 5.39 Å². The van der Waals surface area contributed by atoms with E-state index in [1.807, 2.05) is 26.0 Å². The largest absolute Gasteiger partial charge is 0.350 e. The van der Waals surface area contributed by atoms with Crippen LogP contribution in [-0.4, -0.2) is 28.1 Å². The first-order valence-electron chi connectivity index (χ1n) is 9.68. The SMILES string of the molecule is CC(C)Cn1nc(C(=O)NCCC(=O)Nc2ccc(Br)cc2)c2ccccc2c1=O. The molecule has 0 spiro atoms. The summed E-state index contributed by atoms with van der Waals surface area (Å²) < 4.78 is 2.26. The van der Waals surface area contributed by atoms with E-state index in [1.165, 1.54) is 4.68 Å². The molecule has 0 atom stereocenters. The van der Waals surface area contributed by atoms with Crippen LogP contribution in [-0.2, 0) is 11.3 Å². The van der Waals surface area contributed by atoms with Crippen LogP contribution in [0.3, 0.4) is 0 Å². The quantitative estimate of drug-likeness (QED) is 0.551. The van der Waals surface area contributed by atoms with Crippen molar-refractivity contribution in [2.45, 2.75) is 26.8 Å². The molecule has 7 nitrogen and oxygen atoms in total. The highest BCUT2D eigenvalue weighted by molar-refractivity contribution is 9.10. The number of fused-ring (bicyclic) bond motifs is 1. The average Bonchev–Trinajstić information content (AvgIpc) is 2.71. The van der Waals surface area contributed by atoms with E-state index in [2.05, 4.69) is 31.7 Å². The van der Waals surface area contributed by atoms with E-state index in [0.717, 1.165) is 4.47 Å². The molecule has 8 heteroatoms. The molecule has 0 aliphatic heterocycles. The van der Waals surface area contributed by atoms with Crippen molar-refractivity contribution in [2.24, 2.45) is 5.92 Å². The maximum atomic E-state index is 12.8. The fraction of sp³-hybridized carbons (Fsp3) is 0.273. The Morgan fingerprint density at radius 2 is 1.73 bits per heavy atom. The van der Waals surface area contributed by atoms with Crippen molar-refractivity contribution in [3.63, 3.8) is 0 Å². The van der Waals surface area contributed by atoms with Gasteiger partial charge < -0.3 is 10.6 Å². The first kappa shape index (κ1) is 21.7. The monoisotopic (exact) mass is 470 g/mol. The van der Waals surface area contributed by atoms with Crippen LogP contribution < -0.4 is 16.2 Å². The molecule has 0 aliphatic carbocycles. The molecule has 3 rings (SSSR count). The molecule has 1 aromatic heterocycles. The molecule has 156 valence electrons. The molecule has 0 aliphatic rings. The van der Waals surface area contributed by atoms with Crippen LogP contribution in [0.5, 0.6) is 0 Å². The summed E-state index contributed by atoms with van der Waals surface area (Å²) in [7, 11) is 0. The zero-order valence-corrected chi connectivity index (χ0v) is 18.4. The van der Waals surface area contributed by atoms with E-state index in [-0.39, 0.29) is 36.0 Å². The zero-order chi connectivity index (χ0) is 21.7. The van der Waals surface area contributed by atoms with E-state index in [9.17, 15) is 14.4 Å². The Balaban J connectivity index is 1.70. The Kier molecular flexibility index (Phi) is 6.99. The van der Waals surface area contributed by atoms with Crippen molar-refractivity contribution in [3.8, 4) is 0 Å². The predicted molar refractivity (Wildman–Crippen MR) is 121 cm³/mol. The van der Waals surface area contributed by atoms with Gasteiger partial charge in [-0.3, -0.25) is 14.4 Å². The summed E-state index contributed by atoms with van der Waals surface area (Å²) in [5.74, 6) is -0.421. The molecule has 2 amide bonds. The van der Waals surface area contributed by atoms with Crippen molar-refractivity contribution in [1.29, 1.82) is 0 Å². The number of amides is 2. The third-order valence-electron chi connectivity index (χ3n) is 4.39. The summed E-state index contributed by atoms with van der Waals surface area (Å²) in [5.41, 5.74) is 0.645. The smallest absolute Gasteiger partial charge is 0.274 e. The maximum absolute atomic E-state index is 12.8. The molecule has 3 aromatic rings. The number of carbonyl (C=O) groups is 2. The van der Waals surface area contributed by atoms with Crippen LogP contribution in [0, 0.1) is 5.92 Å². The summed E-state index contributed by atoms with van der Waals surface area (Å²) in [6.45, 7) is 4.53. The third-order valence-corrected chi connectivity index (χ3v) is 4.92. The van der Waals surface area contributed by atoms with Crippen LogP contribution in [0.15, 0.2) is 57.8 Å². The van der Waals surface area contributed by atoms with E-state index < -0.39 is 5.91 Å². The lowest BCUT2D eigenvalue weighted by atomic mass is 10.1. The van der Waals surface area contributed by atoms with Gasteiger partial charge in [-0.2, -0.15) is 5.10 Å². The summed E-state index contributed by atoms with van der Waals surface area (Å²) in [4.78, 5) is 37.5. The minimum absolute atomic E-state index is 0.116. The second-order valence-electron chi connectivity index (χ2n) is 7.34. The molecule has 0 unspecified atom stereocenters. The van der Waals surface area contributed by atoms with Crippen LogP contribution >= 0.6 is 15.9 Å². The van der Waals surface area contributed by atoms with Gasteiger partial charge in [-0.1, -0.05) is 48.0 Å². The van der Waals surface area contributed by atoms with E-state index >= 15 is 0 Å². The number of hydrogen-bond donors (Lipinski definition) is 2. The van der Waals surface area contributed by atoms with Gasteiger partial charge >= 0.3 is 0 Å². The average molecular weight is 471 g/mol. The van der Waals surface area contributed by atoms with E-state index in [1.54, 1.807) is 36.4 Å². The number of benzene rings is 2. The number of rotatable bonds is 7. The molecule has 0 saturated carbocycles. The van der Waals surface area contributed by atoms with Gasteiger partial charge in [-0.25, -0.2) is 4.68 Å². The van der Waals surface area contributed by atoms with Gasteiger partial charge in [-0.15, -0.1) is 0 Å². The van der Waals surface area contributed by atoms with E-state index in [0.29, 0.717) is 23.0 Å². The Morgan fingerprint density at radius 1 is 1.07 bits per heavy atom. The molecular formula is C22H23BrN4O3. The fourth-order valence-electron chi connectivity index (χ4n) is 3.00. The summed E-state index contributed by atoms with van der Waals surface area (Å²) in [6, 6.07) is 14.2. The number of aromatic nitrogens is 2. The van der Waals surface area contributed by atoms with Crippen molar-refractivity contribution in [3.05, 3.63) is 69.1 Å². The van der Waals surface area contributed by atoms with Crippen LogP contribution in [0.25, 0.3) is 10.8 Å². The molecule has 0 saturated heterocycles. The fourth-order valence-corrected chi connectivity index (χ4v) is 3.27. The molecule has 2 aromatic carbocycles. The highest BCUT2D eigenvalue weighted by Gasteiger charge is 2.17. The van der Waals surface area contributed by atoms with Crippen molar-refractivity contribution in [2.75, 3.05) is 11.9 Å². The Bertz CT molecular complexity index is 1120. The molecule has 0 fully saturated rings. The van der Waals surface area contributed by atoms with E-state index in [4.69, 9.17) is 0 Å². The van der Waals surface area contributed by atoms with Gasteiger partial charge in [0.2, 0.25) is 5.91 Å². The minimum atomic E-state index is -0.417. The number of anilines is 1. The molecule has 1 heterocycles. The lowest BCUT2D eigenvalue weighted by molar-refractivity contribution is -0.116. The Hall–Kier alpha value is -3.00. The van der Waals surface area contributed by atoms with Crippen molar-refractivity contribution < 1.29 is 9.59 Å². The maximum Gasteiger partial charge on any atom is 0.274 e. The lowest BCUT2D eigenvalue weighted by Gasteiger charge is -2.12. The Morgan fingerprint density at radius 3 is 2.40 bits per heavy atom. The summed E-state index contributed by atoms with van der Waals surface area (Å²) in [6.07, 6.45) is 0.116. The van der Waals surface area contributed by atoms with Gasteiger partial charge in [0.15, 0.2) is 5.69 Å². The zero-order valence-electron chi connectivity index (χ0n) is 16.8. The molecule has 30 heavy (non-hydrogen) atoms. The van der Waals surface area contributed by atoms with Gasteiger partial charge in [0, 0.05) is 35.1 Å². The number of hydrogen-bond acceptors (Lipinski definition) is 4. The summed E-state index contributed by atoms with van der Waals surface area (Å²) in [5, 5.41) is 10.8. The first-order chi connectivity index (χ1) is 14.3. The molecular weight excluding hydrogens is 448 g/mol. The number of halogens is 1. The minimum Gasteiger partial charge on any atom is -0.350 e. The van der Waals surface area contributed by atoms with Crippen LogP contribution in [0.1, 0.15) is 30.8 Å². The Labute approximate surface area is 182 Å². The van der Waals surface area contributed by atoms with Gasteiger partial charge in [-0.05, 0) is 36.2 Å². The van der Waals surface area contributed by atoms with Gasteiger partial charge in [0.25, 0.3) is 11.5 Å². The number of nitrogens with zero attached hydrogens (tertiary/aromatic N) is 2. The normalized spacial score (nSPS) is 10.9. The molecule has 2 N–H and O–H groups in total. The van der Waals surface area contributed by atoms with Gasteiger partial charge in [0.1, 0.15) is 0 Å². The second-order valence-corrected chi connectivity index (χ2v) is 8.25. The third kappa shape index (κ3) is 5.33. The molecule has 0 bridgehead atoms. The number of nitrogens with one attached hydrogen (secondary N) is 2. The van der Waals surface area contributed by atoms with Crippen LogP contribution in [0.4, 0.5) is 5.69 Å². The predicted octanol–water partition coefficient (Wildman–Crippen LogP) is 3.57.